The molecule has 1 saturated heterocycles. The molecule has 3 heterocycles. The zero-order chi connectivity index (χ0) is 21.3. The SMILES string of the molecule is C=C1CC(Nc2nccc(-c3c[nH]c4cc(/C=C/C#N)c(F)cc34)n2)CC(C)(C)N1. The van der Waals surface area contributed by atoms with Gasteiger partial charge in [0.1, 0.15) is 5.82 Å². The van der Waals surface area contributed by atoms with Gasteiger partial charge in [0.25, 0.3) is 0 Å². The van der Waals surface area contributed by atoms with Crippen molar-refractivity contribution >= 4 is 22.9 Å². The van der Waals surface area contributed by atoms with Gasteiger partial charge in [0.15, 0.2) is 0 Å². The Hall–Kier alpha value is -3.66. The first-order valence-electron chi connectivity index (χ1n) is 9.77. The third kappa shape index (κ3) is 4.03. The molecule has 0 aliphatic carbocycles. The third-order valence-corrected chi connectivity index (χ3v) is 5.17. The molecule has 0 saturated carbocycles. The third-order valence-electron chi connectivity index (χ3n) is 5.17. The standard InChI is InChI=1S/C23H23FN6/c1-14-9-16(12-23(2,3)30-14)28-22-26-8-6-20(29-22)18-13-27-21-10-15(5-4-7-25)19(24)11-17(18)21/h4-6,8,10-11,13,16,27,30H,1,9,12H2,2-3H3,(H,26,28,29)/b5-4+. The number of piperidine rings is 1. The van der Waals surface area contributed by atoms with E-state index in [1.165, 1.54) is 18.2 Å². The van der Waals surface area contributed by atoms with E-state index in [2.05, 4.69) is 46.0 Å². The van der Waals surface area contributed by atoms with Crippen LogP contribution in [0.5, 0.6) is 0 Å². The minimum atomic E-state index is -0.391. The number of H-pyrrole nitrogens is 1. The van der Waals surface area contributed by atoms with Gasteiger partial charge in [-0.2, -0.15) is 5.26 Å². The molecule has 0 spiro atoms. The summed E-state index contributed by atoms with van der Waals surface area (Å²) >= 11 is 0. The summed E-state index contributed by atoms with van der Waals surface area (Å²) < 4.78 is 14.5. The highest BCUT2D eigenvalue weighted by atomic mass is 19.1. The predicted molar refractivity (Wildman–Crippen MR) is 117 cm³/mol. The number of benzene rings is 1. The van der Waals surface area contributed by atoms with Crippen LogP contribution in [-0.4, -0.2) is 26.5 Å². The smallest absolute Gasteiger partial charge is 0.223 e. The molecular weight excluding hydrogens is 379 g/mol. The van der Waals surface area contributed by atoms with E-state index < -0.39 is 5.82 Å². The second-order valence-electron chi connectivity index (χ2n) is 8.21. The van der Waals surface area contributed by atoms with Crippen molar-refractivity contribution in [2.75, 3.05) is 5.32 Å². The van der Waals surface area contributed by atoms with Crippen LogP contribution in [0.4, 0.5) is 10.3 Å². The molecule has 0 bridgehead atoms. The van der Waals surface area contributed by atoms with Crippen LogP contribution < -0.4 is 10.6 Å². The van der Waals surface area contributed by atoms with E-state index in [-0.39, 0.29) is 11.6 Å². The van der Waals surface area contributed by atoms with Gasteiger partial charge >= 0.3 is 0 Å². The van der Waals surface area contributed by atoms with Gasteiger partial charge in [-0.3, -0.25) is 0 Å². The Bertz CT molecular complexity index is 1180. The summed E-state index contributed by atoms with van der Waals surface area (Å²) in [6, 6.07) is 7.02. The number of aromatic amines is 1. The summed E-state index contributed by atoms with van der Waals surface area (Å²) in [5.74, 6) is 0.143. The fourth-order valence-corrected chi connectivity index (χ4v) is 4.06. The van der Waals surface area contributed by atoms with Crippen molar-refractivity contribution in [1.82, 2.24) is 20.3 Å². The molecule has 1 atom stereocenters. The molecule has 7 heteroatoms. The molecule has 1 aromatic carbocycles. The topological polar surface area (TPSA) is 89.4 Å². The lowest BCUT2D eigenvalue weighted by Gasteiger charge is -2.38. The fourth-order valence-electron chi connectivity index (χ4n) is 4.06. The van der Waals surface area contributed by atoms with Gasteiger partial charge in [0, 0.05) is 64.2 Å². The van der Waals surface area contributed by atoms with Gasteiger partial charge in [0.05, 0.1) is 11.8 Å². The summed E-state index contributed by atoms with van der Waals surface area (Å²) in [4.78, 5) is 12.2. The highest BCUT2D eigenvalue weighted by Gasteiger charge is 2.29. The summed E-state index contributed by atoms with van der Waals surface area (Å²) in [7, 11) is 0. The summed E-state index contributed by atoms with van der Waals surface area (Å²) in [6.45, 7) is 8.36. The van der Waals surface area contributed by atoms with Crippen molar-refractivity contribution in [3.05, 3.63) is 60.3 Å². The Kier molecular flexibility index (Phi) is 5.00. The Labute approximate surface area is 174 Å². The molecule has 1 aliphatic heterocycles. The maximum Gasteiger partial charge on any atom is 0.223 e. The normalized spacial score (nSPS) is 18.3. The number of rotatable bonds is 4. The number of aromatic nitrogens is 3. The number of nitrogens with one attached hydrogen (secondary N) is 3. The highest BCUT2D eigenvalue weighted by Crippen LogP contribution is 2.31. The van der Waals surface area contributed by atoms with Crippen molar-refractivity contribution < 1.29 is 4.39 Å². The monoisotopic (exact) mass is 402 g/mol. The van der Waals surface area contributed by atoms with E-state index in [1.54, 1.807) is 18.3 Å². The van der Waals surface area contributed by atoms with E-state index in [0.29, 0.717) is 17.2 Å². The molecule has 30 heavy (non-hydrogen) atoms. The van der Waals surface area contributed by atoms with E-state index in [1.807, 2.05) is 12.3 Å². The molecule has 3 aromatic rings. The van der Waals surface area contributed by atoms with Crippen molar-refractivity contribution in [3.63, 3.8) is 0 Å². The van der Waals surface area contributed by atoms with Crippen LogP contribution >= 0.6 is 0 Å². The Balaban J connectivity index is 1.63. The molecule has 0 radical (unpaired) electrons. The first-order valence-corrected chi connectivity index (χ1v) is 9.77. The van der Waals surface area contributed by atoms with Crippen molar-refractivity contribution in [3.8, 4) is 17.3 Å². The number of nitriles is 1. The second-order valence-corrected chi connectivity index (χ2v) is 8.21. The van der Waals surface area contributed by atoms with Gasteiger partial charge < -0.3 is 15.6 Å². The van der Waals surface area contributed by atoms with Gasteiger partial charge in [-0.25, -0.2) is 14.4 Å². The minimum Gasteiger partial charge on any atom is -0.384 e. The average Bonchev–Trinajstić information content (AvgIpc) is 3.07. The largest absolute Gasteiger partial charge is 0.384 e. The Morgan fingerprint density at radius 3 is 3.00 bits per heavy atom. The number of allylic oxidation sites excluding steroid dienone is 1. The summed E-state index contributed by atoms with van der Waals surface area (Å²) in [5, 5.41) is 16.2. The number of anilines is 1. The number of fused-ring (bicyclic) bond motifs is 1. The molecule has 1 aliphatic rings. The van der Waals surface area contributed by atoms with Crippen LogP contribution in [0.1, 0.15) is 32.3 Å². The molecule has 2 aromatic heterocycles. The maximum absolute atomic E-state index is 14.5. The van der Waals surface area contributed by atoms with Gasteiger partial charge in [0.2, 0.25) is 5.95 Å². The molecular formula is C23H23FN6. The highest BCUT2D eigenvalue weighted by molar-refractivity contribution is 5.95. The van der Waals surface area contributed by atoms with Crippen LogP contribution in [0, 0.1) is 17.1 Å². The van der Waals surface area contributed by atoms with Crippen molar-refractivity contribution in [1.29, 1.82) is 5.26 Å². The molecule has 152 valence electrons. The van der Waals surface area contributed by atoms with Crippen molar-refractivity contribution in [2.24, 2.45) is 0 Å². The van der Waals surface area contributed by atoms with Gasteiger partial charge in [-0.05, 0) is 44.5 Å². The molecule has 1 fully saturated rings. The van der Waals surface area contributed by atoms with Crippen LogP contribution in [-0.2, 0) is 0 Å². The fraction of sp³-hybridized carbons (Fsp3) is 0.261. The molecule has 6 nitrogen and oxygen atoms in total. The Morgan fingerprint density at radius 2 is 2.23 bits per heavy atom. The number of hydrogen-bond acceptors (Lipinski definition) is 5. The lowest BCUT2D eigenvalue weighted by Crippen LogP contribution is -2.48. The van der Waals surface area contributed by atoms with Crippen LogP contribution in [0.25, 0.3) is 28.2 Å². The lowest BCUT2D eigenvalue weighted by atomic mass is 9.88. The van der Waals surface area contributed by atoms with Gasteiger partial charge in [-0.15, -0.1) is 0 Å². The van der Waals surface area contributed by atoms with Crippen LogP contribution in [0.2, 0.25) is 0 Å². The zero-order valence-corrected chi connectivity index (χ0v) is 17.0. The molecule has 4 rings (SSSR count). The molecule has 0 amide bonds. The number of nitrogens with zero attached hydrogens (tertiary/aromatic N) is 3. The average molecular weight is 402 g/mol. The van der Waals surface area contributed by atoms with E-state index >= 15 is 0 Å². The minimum absolute atomic E-state index is 0.0450. The summed E-state index contributed by atoms with van der Waals surface area (Å²) in [5.41, 5.74) is 3.57. The first kappa shape index (κ1) is 19.6. The Morgan fingerprint density at radius 1 is 1.40 bits per heavy atom. The van der Waals surface area contributed by atoms with Gasteiger partial charge in [-0.1, -0.05) is 6.58 Å². The van der Waals surface area contributed by atoms with Crippen molar-refractivity contribution in [2.45, 2.75) is 38.3 Å². The zero-order valence-electron chi connectivity index (χ0n) is 17.0. The van der Waals surface area contributed by atoms with E-state index in [0.717, 1.165) is 35.0 Å². The molecule has 1 unspecified atom stereocenters. The quantitative estimate of drug-likeness (QED) is 0.548. The van der Waals surface area contributed by atoms with Crippen LogP contribution in [0.15, 0.2) is 48.9 Å². The van der Waals surface area contributed by atoms with E-state index in [9.17, 15) is 4.39 Å². The molecule has 3 N–H and O–H groups in total. The second kappa shape index (κ2) is 7.64. The number of halogens is 1. The first-order chi connectivity index (χ1) is 14.3. The maximum atomic E-state index is 14.5. The van der Waals surface area contributed by atoms with Crippen LogP contribution in [0.3, 0.4) is 0 Å². The lowest BCUT2D eigenvalue weighted by molar-refractivity contribution is 0.324. The number of hydrogen-bond donors (Lipinski definition) is 3. The summed E-state index contributed by atoms with van der Waals surface area (Å²) in [6.07, 6.45) is 7.93. The van der Waals surface area contributed by atoms with E-state index in [4.69, 9.17) is 5.26 Å². The predicted octanol–water partition coefficient (Wildman–Crippen LogP) is 4.76.